The number of nitrogens with zero attached hydrogens (tertiary/aromatic N) is 2. The van der Waals surface area contributed by atoms with E-state index in [2.05, 4.69) is 36.8 Å². The maximum absolute atomic E-state index is 12.3. The summed E-state index contributed by atoms with van der Waals surface area (Å²) in [5, 5.41) is 3.33. The molecule has 0 bridgehead atoms. The van der Waals surface area contributed by atoms with Crippen LogP contribution in [0.2, 0.25) is 0 Å². The van der Waals surface area contributed by atoms with Crippen LogP contribution < -0.4 is 5.32 Å². The van der Waals surface area contributed by atoms with Gasteiger partial charge in [0.1, 0.15) is 0 Å². The van der Waals surface area contributed by atoms with Gasteiger partial charge in [-0.2, -0.15) is 0 Å². The number of aromatic nitrogens is 1. The Balaban J connectivity index is 1.89. The van der Waals surface area contributed by atoms with Gasteiger partial charge in [-0.3, -0.25) is 4.79 Å². The standard InChI is InChI=1S/C15H25N3O2/c1-11-9-14(13(3)17(11)4)10-16-12(2)15(19)18-5-7-20-8-6-18/h9,12,16H,5-8,10H2,1-4H3. The van der Waals surface area contributed by atoms with Crippen molar-refractivity contribution in [2.24, 2.45) is 7.05 Å². The molecule has 0 saturated carbocycles. The van der Waals surface area contributed by atoms with Gasteiger partial charge in [-0.15, -0.1) is 0 Å². The molecule has 112 valence electrons. The summed E-state index contributed by atoms with van der Waals surface area (Å²) in [5.41, 5.74) is 3.75. The minimum absolute atomic E-state index is 0.159. The fraction of sp³-hybridized carbons (Fsp3) is 0.667. The lowest BCUT2D eigenvalue weighted by molar-refractivity contribution is -0.137. The number of nitrogens with one attached hydrogen (secondary N) is 1. The van der Waals surface area contributed by atoms with E-state index in [-0.39, 0.29) is 11.9 Å². The van der Waals surface area contributed by atoms with E-state index >= 15 is 0 Å². The summed E-state index contributed by atoms with van der Waals surface area (Å²) >= 11 is 0. The molecule has 0 radical (unpaired) electrons. The number of hydrogen-bond donors (Lipinski definition) is 1. The summed E-state index contributed by atoms with van der Waals surface area (Å²) in [6.45, 7) is 9.57. The van der Waals surface area contributed by atoms with Crippen LogP contribution in [0.1, 0.15) is 23.9 Å². The largest absolute Gasteiger partial charge is 0.378 e. The molecule has 20 heavy (non-hydrogen) atoms. The zero-order chi connectivity index (χ0) is 14.7. The quantitative estimate of drug-likeness (QED) is 0.893. The lowest BCUT2D eigenvalue weighted by atomic mass is 10.2. The molecule has 1 aliphatic heterocycles. The fourth-order valence-electron chi connectivity index (χ4n) is 2.52. The van der Waals surface area contributed by atoms with E-state index in [1.807, 2.05) is 11.8 Å². The monoisotopic (exact) mass is 279 g/mol. The van der Waals surface area contributed by atoms with Gasteiger partial charge < -0.3 is 19.5 Å². The van der Waals surface area contributed by atoms with Gasteiger partial charge in [0, 0.05) is 38.1 Å². The molecule has 1 unspecified atom stereocenters. The Morgan fingerprint density at radius 2 is 2.05 bits per heavy atom. The lowest BCUT2D eigenvalue weighted by Crippen LogP contribution is -2.49. The van der Waals surface area contributed by atoms with Crippen LogP contribution in [0, 0.1) is 13.8 Å². The molecular weight excluding hydrogens is 254 g/mol. The summed E-state index contributed by atoms with van der Waals surface area (Å²) in [6, 6.07) is 2.02. The maximum Gasteiger partial charge on any atom is 0.239 e. The van der Waals surface area contributed by atoms with Crippen LogP contribution in [0.4, 0.5) is 0 Å². The summed E-state index contributed by atoms with van der Waals surface area (Å²) in [4.78, 5) is 14.2. The highest BCUT2D eigenvalue weighted by Crippen LogP contribution is 2.13. The Labute approximate surface area is 120 Å². The first-order valence-electron chi connectivity index (χ1n) is 7.22. The second kappa shape index (κ2) is 6.41. The molecule has 2 heterocycles. The van der Waals surface area contributed by atoms with E-state index in [0.717, 1.165) is 6.54 Å². The normalized spacial score (nSPS) is 17.3. The molecular formula is C15H25N3O2. The number of carbonyl (C=O) groups excluding carboxylic acids is 1. The highest BCUT2D eigenvalue weighted by Gasteiger charge is 2.22. The molecule has 1 aromatic rings. The molecule has 1 atom stereocenters. The smallest absolute Gasteiger partial charge is 0.239 e. The topological polar surface area (TPSA) is 46.5 Å². The van der Waals surface area contributed by atoms with Crippen molar-refractivity contribution in [2.75, 3.05) is 26.3 Å². The van der Waals surface area contributed by atoms with Crippen molar-refractivity contribution in [3.63, 3.8) is 0 Å². The highest BCUT2D eigenvalue weighted by atomic mass is 16.5. The van der Waals surface area contributed by atoms with Crippen molar-refractivity contribution < 1.29 is 9.53 Å². The number of rotatable bonds is 4. The molecule has 1 fully saturated rings. The third-order valence-corrected chi connectivity index (χ3v) is 4.17. The molecule has 1 aliphatic rings. The third-order valence-electron chi connectivity index (χ3n) is 4.17. The first kappa shape index (κ1) is 15.1. The summed E-state index contributed by atoms with van der Waals surface area (Å²) in [6.07, 6.45) is 0. The predicted octanol–water partition coefficient (Wildman–Crippen LogP) is 0.979. The number of ether oxygens (including phenoxy) is 1. The van der Waals surface area contributed by atoms with Crippen molar-refractivity contribution in [2.45, 2.75) is 33.4 Å². The van der Waals surface area contributed by atoms with Gasteiger partial charge in [0.05, 0.1) is 19.3 Å². The third kappa shape index (κ3) is 3.22. The number of hydrogen-bond acceptors (Lipinski definition) is 3. The number of amides is 1. The Morgan fingerprint density at radius 3 is 2.60 bits per heavy atom. The van der Waals surface area contributed by atoms with Crippen molar-refractivity contribution in [1.29, 1.82) is 0 Å². The van der Waals surface area contributed by atoms with Gasteiger partial charge in [-0.05, 0) is 32.4 Å². The highest BCUT2D eigenvalue weighted by molar-refractivity contribution is 5.81. The van der Waals surface area contributed by atoms with E-state index in [1.165, 1.54) is 17.0 Å². The van der Waals surface area contributed by atoms with Crippen molar-refractivity contribution in [1.82, 2.24) is 14.8 Å². The van der Waals surface area contributed by atoms with Crippen molar-refractivity contribution in [3.8, 4) is 0 Å². The molecule has 1 saturated heterocycles. The van der Waals surface area contributed by atoms with Crippen LogP contribution in [0.15, 0.2) is 6.07 Å². The van der Waals surface area contributed by atoms with Crippen LogP contribution in [0.3, 0.4) is 0 Å². The SMILES string of the molecule is Cc1cc(CNC(C)C(=O)N2CCOCC2)c(C)n1C. The first-order chi connectivity index (χ1) is 9.50. The minimum Gasteiger partial charge on any atom is -0.378 e. The molecule has 1 N–H and O–H groups in total. The van der Waals surface area contributed by atoms with Gasteiger partial charge in [0.2, 0.25) is 5.91 Å². The van der Waals surface area contributed by atoms with Crippen molar-refractivity contribution >= 4 is 5.91 Å². The molecule has 5 heteroatoms. The predicted molar refractivity (Wildman–Crippen MR) is 78.6 cm³/mol. The second-order valence-electron chi connectivity index (χ2n) is 5.50. The van der Waals surface area contributed by atoms with Gasteiger partial charge >= 0.3 is 0 Å². The zero-order valence-electron chi connectivity index (χ0n) is 12.9. The van der Waals surface area contributed by atoms with Gasteiger partial charge in [-0.25, -0.2) is 0 Å². The molecule has 2 rings (SSSR count). The van der Waals surface area contributed by atoms with Crippen molar-refractivity contribution in [3.05, 3.63) is 23.0 Å². The minimum atomic E-state index is -0.159. The Hall–Kier alpha value is -1.33. The molecule has 0 aromatic carbocycles. The number of aryl methyl sites for hydroxylation is 1. The average molecular weight is 279 g/mol. The van der Waals surface area contributed by atoms with E-state index < -0.39 is 0 Å². The van der Waals surface area contributed by atoms with Crippen LogP contribution in [-0.4, -0.2) is 47.7 Å². The molecule has 1 aromatic heterocycles. The molecule has 0 aliphatic carbocycles. The Bertz CT molecular complexity index is 476. The van der Waals surface area contributed by atoms with Crippen LogP contribution >= 0.6 is 0 Å². The average Bonchev–Trinajstić information content (AvgIpc) is 2.72. The summed E-state index contributed by atoms with van der Waals surface area (Å²) in [5.74, 6) is 0.165. The number of carbonyl (C=O) groups is 1. The lowest BCUT2D eigenvalue weighted by Gasteiger charge is -2.29. The van der Waals surface area contributed by atoms with Gasteiger partial charge in [0.25, 0.3) is 0 Å². The fourth-order valence-corrected chi connectivity index (χ4v) is 2.52. The van der Waals surface area contributed by atoms with E-state index in [4.69, 9.17) is 4.74 Å². The Morgan fingerprint density at radius 1 is 1.40 bits per heavy atom. The summed E-state index contributed by atoms with van der Waals surface area (Å²) in [7, 11) is 2.07. The molecule has 1 amide bonds. The van der Waals surface area contributed by atoms with E-state index in [1.54, 1.807) is 0 Å². The maximum atomic E-state index is 12.3. The molecule has 5 nitrogen and oxygen atoms in total. The van der Waals surface area contributed by atoms with Gasteiger partial charge in [-0.1, -0.05) is 0 Å². The van der Waals surface area contributed by atoms with Gasteiger partial charge in [0.15, 0.2) is 0 Å². The number of morpholine rings is 1. The summed E-state index contributed by atoms with van der Waals surface area (Å²) < 4.78 is 7.45. The van der Waals surface area contributed by atoms with Crippen LogP contribution in [0.25, 0.3) is 0 Å². The van der Waals surface area contributed by atoms with Crippen LogP contribution in [0.5, 0.6) is 0 Å². The first-order valence-corrected chi connectivity index (χ1v) is 7.22. The van der Waals surface area contributed by atoms with E-state index in [9.17, 15) is 4.79 Å². The van der Waals surface area contributed by atoms with Crippen LogP contribution in [-0.2, 0) is 23.1 Å². The zero-order valence-corrected chi connectivity index (χ0v) is 12.9. The second-order valence-corrected chi connectivity index (χ2v) is 5.50. The molecule has 0 spiro atoms. The Kier molecular flexibility index (Phi) is 4.83. The van der Waals surface area contributed by atoms with E-state index in [0.29, 0.717) is 26.3 Å².